The van der Waals surface area contributed by atoms with Crippen LogP contribution in [-0.2, 0) is 22.9 Å². The van der Waals surface area contributed by atoms with Crippen LogP contribution < -0.4 is 23.7 Å². The van der Waals surface area contributed by atoms with Gasteiger partial charge in [0.15, 0.2) is 23.0 Å². The molecule has 0 aliphatic carbocycles. The lowest BCUT2D eigenvalue weighted by Gasteiger charge is -2.27. The highest BCUT2D eigenvalue weighted by molar-refractivity contribution is 7.89. The van der Waals surface area contributed by atoms with Crippen LogP contribution in [0.1, 0.15) is 31.8 Å². The van der Waals surface area contributed by atoms with Crippen LogP contribution in [0.15, 0.2) is 71.6 Å². The molecule has 0 aromatic heterocycles. The van der Waals surface area contributed by atoms with Crippen molar-refractivity contribution in [1.29, 1.82) is 0 Å². The van der Waals surface area contributed by atoms with Crippen molar-refractivity contribution in [2.45, 2.75) is 17.7 Å². The van der Waals surface area contributed by atoms with Gasteiger partial charge in [-0.3, -0.25) is 14.5 Å². The summed E-state index contributed by atoms with van der Waals surface area (Å²) in [6, 6.07) is 19.0. The maximum Gasteiger partial charge on any atom is 0.261 e. The summed E-state index contributed by atoms with van der Waals surface area (Å²) in [5.41, 5.74) is 2.09. The first-order valence-electron chi connectivity index (χ1n) is 13.6. The Labute approximate surface area is 250 Å². The number of amides is 2. The molecule has 224 valence electrons. The number of rotatable bonds is 12. The van der Waals surface area contributed by atoms with Gasteiger partial charge >= 0.3 is 0 Å². The molecule has 11 heteroatoms. The van der Waals surface area contributed by atoms with Crippen LogP contribution in [0.5, 0.6) is 23.0 Å². The zero-order valence-electron chi connectivity index (χ0n) is 24.3. The Morgan fingerprint density at radius 3 is 1.88 bits per heavy atom. The van der Waals surface area contributed by atoms with Gasteiger partial charge in [0.25, 0.3) is 11.8 Å². The summed E-state index contributed by atoms with van der Waals surface area (Å²) in [5.74, 6) is 0.836. The molecule has 0 saturated carbocycles. The van der Waals surface area contributed by atoms with E-state index in [0.29, 0.717) is 45.7 Å². The number of methoxy groups -OCH3 is 4. The lowest BCUT2D eigenvalue weighted by Crippen LogP contribution is -2.41. The van der Waals surface area contributed by atoms with Crippen LogP contribution in [0.2, 0.25) is 0 Å². The second-order valence-corrected chi connectivity index (χ2v) is 11.6. The summed E-state index contributed by atoms with van der Waals surface area (Å²) in [7, 11) is 1.91. The molecule has 1 aliphatic heterocycles. The number of hydrogen-bond donors (Lipinski definition) is 1. The first-order chi connectivity index (χ1) is 20.7. The number of carbonyl (C=O) groups excluding carboxylic acids is 2. The van der Waals surface area contributed by atoms with Crippen LogP contribution in [0.3, 0.4) is 0 Å². The van der Waals surface area contributed by atoms with Crippen molar-refractivity contribution in [1.82, 2.24) is 9.62 Å². The molecule has 4 aromatic rings. The molecule has 1 heterocycles. The number of nitrogens with zero attached hydrogens (tertiary/aromatic N) is 1. The molecule has 4 aromatic carbocycles. The van der Waals surface area contributed by atoms with Crippen molar-refractivity contribution in [3.8, 4) is 23.0 Å². The number of hydrogen-bond acceptors (Lipinski definition) is 8. The van der Waals surface area contributed by atoms with E-state index in [2.05, 4.69) is 4.72 Å². The molecule has 0 radical (unpaired) electrons. The first kappa shape index (κ1) is 29.9. The van der Waals surface area contributed by atoms with Gasteiger partial charge in [-0.2, -0.15) is 0 Å². The number of sulfonamides is 1. The molecule has 1 aliphatic rings. The van der Waals surface area contributed by atoms with E-state index in [-0.39, 0.29) is 30.2 Å². The third-order valence-electron chi connectivity index (χ3n) is 7.47. The number of nitrogens with one attached hydrogen (secondary N) is 1. The van der Waals surface area contributed by atoms with E-state index >= 15 is 0 Å². The molecule has 43 heavy (non-hydrogen) atoms. The van der Waals surface area contributed by atoms with Gasteiger partial charge in [0, 0.05) is 35.7 Å². The van der Waals surface area contributed by atoms with Gasteiger partial charge in [0.1, 0.15) is 0 Å². The first-order valence-corrected chi connectivity index (χ1v) is 15.0. The fraction of sp³-hybridized carbons (Fsp3) is 0.250. The minimum atomic E-state index is -4.04. The van der Waals surface area contributed by atoms with Crippen molar-refractivity contribution >= 4 is 32.6 Å². The Kier molecular flexibility index (Phi) is 8.56. The molecule has 0 saturated heterocycles. The van der Waals surface area contributed by atoms with Crippen molar-refractivity contribution in [2.75, 3.05) is 41.5 Å². The molecule has 10 nitrogen and oxygen atoms in total. The lowest BCUT2D eigenvalue weighted by molar-refractivity contribution is 0.0612. The summed E-state index contributed by atoms with van der Waals surface area (Å²) in [5, 5.41) is 1.44. The summed E-state index contributed by atoms with van der Waals surface area (Å²) in [6.07, 6.45) is 0.464. The number of imide groups is 1. The van der Waals surface area contributed by atoms with Gasteiger partial charge in [-0.05, 0) is 59.7 Å². The Bertz CT molecular complexity index is 1770. The number of ether oxygens (including phenoxy) is 4. The normalized spacial score (nSPS) is 12.9. The lowest BCUT2D eigenvalue weighted by atomic mass is 9.94. The fourth-order valence-corrected chi connectivity index (χ4v) is 6.60. The van der Waals surface area contributed by atoms with Crippen molar-refractivity contribution < 1.29 is 37.0 Å². The van der Waals surface area contributed by atoms with Gasteiger partial charge in [-0.15, -0.1) is 0 Å². The number of carbonyl (C=O) groups is 2. The average molecular weight is 605 g/mol. The summed E-state index contributed by atoms with van der Waals surface area (Å²) in [4.78, 5) is 28.0. The fourth-order valence-electron chi connectivity index (χ4n) is 5.31. The van der Waals surface area contributed by atoms with Crippen molar-refractivity contribution in [3.63, 3.8) is 0 Å². The van der Waals surface area contributed by atoms with E-state index in [9.17, 15) is 18.0 Å². The Balaban J connectivity index is 1.40. The highest BCUT2D eigenvalue weighted by Crippen LogP contribution is 2.35. The number of benzene rings is 4. The van der Waals surface area contributed by atoms with Gasteiger partial charge < -0.3 is 18.9 Å². The average Bonchev–Trinajstić information content (AvgIpc) is 3.02. The third kappa shape index (κ3) is 5.73. The highest BCUT2D eigenvalue weighted by atomic mass is 32.2. The zero-order chi connectivity index (χ0) is 30.7. The predicted molar refractivity (Wildman–Crippen MR) is 161 cm³/mol. The smallest absolute Gasteiger partial charge is 0.261 e. The quantitative estimate of drug-likeness (QED) is 0.239. The standard InChI is InChI=1S/C32H32N2O8S/c1-39-25-12-11-20(17-26(25)40-2)13-15-33-43(37,38)29-19-28(42-4)27(41-3)18-22(29)14-16-34-31(35)23-9-5-7-21-8-6-10-24(30(21)23)32(34)36/h5-12,17-19,33H,13-16H2,1-4H3. The second-order valence-electron chi connectivity index (χ2n) is 9.87. The van der Waals surface area contributed by atoms with Crippen LogP contribution in [-0.4, -0.2) is 66.7 Å². The van der Waals surface area contributed by atoms with E-state index in [1.807, 2.05) is 18.2 Å². The minimum Gasteiger partial charge on any atom is -0.493 e. The monoisotopic (exact) mass is 604 g/mol. The molecule has 0 spiro atoms. The van der Waals surface area contributed by atoms with Gasteiger partial charge in [0.2, 0.25) is 10.0 Å². The van der Waals surface area contributed by atoms with Crippen molar-refractivity contribution in [2.24, 2.45) is 0 Å². The molecular formula is C32H32N2O8S. The molecule has 2 amide bonds. The van der Waals surface area contributed by atoms with Gasteiger partial charge in [0.05, 0.1) is 33.3 Å². The minimum absolute atomic E-state index is 0.0307. The molecule has 1 N–H and O–H groups in total. The van der Waals surface area contributed by atoms with E-state index in [1.165, 1.54) is 27.4 Å². The molecular weight excluding hydrogens is 572 g/mol. The summed E-state index contributed by atoms with van der Waals surface area (Å²) in [6.45, 7) is 0.0710. The second kappa shape index (κ2) is 12.3. The highest BCUT2D eigenvalue weighted by Gasteiger charge is 2.33. The molecule has 0 unspecified atom stereocenters. The molecule has 0 fully saturated rings. The van der Waals surface area contributed by atoms with E-state index in [0.717, 1.165) is 15.8 Å². The zero-order valence-corrected chi connectivity index (χ0v) is 25.1. The predicted octanol–water partition coefficient (Wildman–Crippen LogP) is 4.23. The molecule has 0 atom stereocenters. The van der Waals surface area contributed by atoms with Crippen LogP contribution >= 0.6 is 0 Å². The Morgan fingerprint density at radius 1 is 0.698 bits per heavy atom. The van der Waals surface area contributed by atoms with E-state index < -0.39 is 21.8 Å². The molecule has 5 rings (SSSR count). The van der Waals surface area contributed by atoms with Crippen LogP contribution in [0.25, 0.3) is 10.8 Å². The van der Waals surface area contributed by atoms with E-state index in [1.54, 1.807) is 49.6 Å². The van der Waals surface area contributed by atoms with Crippen molar-refractivity contribution in [3.05, 3.63) is 89.0 Å². The Morgan fingerprint density at radius 2 is 1.28 bits per heavy atom. The van der Waals surface area contributed by atoms with Gasteiger partial charge in [-0.25, -0.2) is 13.1 Å². The van der Waals surface area contributed by atoms with Gasteiger partial charge in [-0.1, -0.05) is 30.3 Å². The maximum atomic E-state index is 13.6. The largest absolute Gasteiger partial charge is 0.493 e. The van der Waals surface area contributed by atoms with E-state index in [4.69, 9.17) is 18.9 Å². The summed E-state index contributed by atoms with van der Waals surface area (Å²) < 4.78 is 51.3. The molecule has 0 bridgehead atoms. The summed E-state index contributed by atoms with van der Waals surface area (Å²) >= 11 is 0. The topological polar surface area (TPSA) is 120 Å². The van der Waals surface area contributed by atoms with Crippen LogP contribution in [0.4, 0.5) is 0 Å². The SMILES string of the molecule is COc1ccc(CCNS(=O)(=O)c2cc(OC)c(OC)cc2CCN2C(=O)c3cccc4cccc(c34)C2=O)cc1OC. The maximum absolute atomic E-state index is 13.6. The third-order valence-corrected chi connectivity index (χ3v) is 9.01. The van der Waals surface area contributed by atoms with Crippen LogP contribution in [0, 0.1) is 0 Å². The Hall–Kier alpha value is -4.61.